The number of nitrogens with one attached hydrogen (secondary N) is 1. The highest BCUT2D eigenvalue weighted by Crippen LogP contribution is 2.28. The van der Waals surface area contributed by atoms with E-state index >= 15 is 0 Å². The van der Waals surface area contributed by atoms with E-state index in [1.807, 2.05) is 25.1 Å². The van der Waals surface area contributed by atoms with E-state index in [2.05, 4.69) is 39.3 Å². The SMILES string of the molecule is Cc1cc(N2CCN(C)CC2)nc(SCc2cccc(C(=O)NCC3CC3)c2)n1. The molecule has 2 aliphatic rings. The van der Waals surface area contributed by atoms with E-state index in [0.29, 0.717) is 5.92 Å². The summed E-state index contributed by atoms with van der Waals surface area (Å²) in [6, 6.07) is 9.94. The number of likely N-dealkylation sites (N-methyl/N-ethyl adjacent to an activating group) is 1. The van der Waals surface area contributed by atoms with Gasteiger partial charge in [-0.2, -0.15) is 0 Å². The summed E-state index contributed by atoms with van der Waals surface area (Å²) in [5.41, 5.74) is 2.83. The van der Waals surface area contributed by atoms with E-state index < -0.39 is 0 Å². The lowest BCUT2D eigenvalue weighted by Gasteiger charge is -2.33. The summed E-state index contributed by atoms with van der Waals surface area (Å²) in [6.45, 7) is 6.92. The average molecular weight is 412 g/mol. The van der Waals surface area contributed by atoms with Crippen molar-refractivity contribution in [3.05, 3.63) is 47.2 Å². The standard InChI is InChI=1S/C22H29N5OS/c1-16-12-20(27-10-8-26(2)9-11-27)25-22(24-16)29-15-18-4-3-5-19(13-18)21(28)23-14-17-6-7-17/h3-5,12-13,17H,6-11,14-15H2,1-2H3,(H,23,28). The molecular formula is C22H29N5OS. The number of anilines is 1. The molecule has 0 unspecified atom stereocenters. The molecule has 1 saturated carbocycles. The second-order valence-corrected chi connectivity index (χ2v) is 9.03. The molecular weight excluding hydrogens is 382 g/mol. The molecule has 7 heteroatoms. The molecule has 0 atom stereocenters. The van der Waals surface area contributed by atoms with E-state index in [1.54, 1.807) is 11.8 Å². The minimum absolute atomic E-state index is 0.0212. The van der Waals surface area contributed by atoms with Crippen molar-refractivity contribution in [2.24, 2.45) is 5.92 Å². The summed E-state index contributed by atoms with van der Waals surface area (Å²) in [6.07, 6.45) is 2.48. The van der Waals surface area contributed by atoms with Gasteiger partial charge in [-0.05, 0) is 50.4 Å². The smallest absolute Gasteiger partial charge is 0.251 e. The molecule has 29 heavy (non-hydrogen) atoms. The quantitative estimate of drug-likeness (QED) is 0.558. The van der Waals surface area contributed by atoms with Gasteiger partial charge in [-0.3, -0.25) is 4.79 Å². The number of benzene rings is 1. The van der Waals surface area contributed by atoms with Gasteiger partial charge < -0.3 is 15.1 Å². The average Bonchev–Trinajstić information content (AvgIpc) is 3.55. The van der Waals surface area contributed by atoms with E-state index in [0.717, 1.165) is 66.3 Å². The van der Waals surface area contributed by atoms with Gasteiger partial charge in [0.2, 0.25) is 0 Å². The fraction of sp³-hybridized carbons (Fsp3) is 0.500. The van der Waals surface area contributed by atoms with E-state index in [1.165, 1.54) is 12.8 Å². The van der Waals surface area contributed by atoms with E-state index in [-0.39, 0.29) is 5.91 Å². The van der Waals surface area contributed by atoms with E-state index in [9.17, 15) is 4.79 Å². The zero-order valence-electron chi connectivity index (χ0n) is 17.2. The molecule has 0 bridgehead atoms. The second kappa shape index (κ2) is 9.13. The van der Waals surface area contributed by atoms with Gasteiger partial charge in [0.05, 0.1) is 0 Å². The number of piperazine rings is 1. The molecule has 1 aromatic heterocycles. The number of nitrogens with zero attached hydrogens (tertiary/aromatic N) is 4. The minimum Gasteiger partial charge on any atom is -0.354 e. The molecule has 4 rings (SSSR count). The Kier molecular flexibility index (Phi) is 6.35. The topological polar surface area (TPSA) is 61.4 Å². The fourth-order valence-corrected chi connectivity index (χ4v) is 4.24. The monoisotopic (exact) mass is 411 g/mol. The number of carbonyl (C=O) groups excluding carboxylic acids is 1. The highest BCUT2D eigenvalue weighted by atomic mass is 32.2. The van der Waals surface area contributed by atoms with Gasteiger partial charge in [0.25, 0.3) is 5.91 Å². The van der Waals surface area contributed by atoms with Gasteiger partial charge >= 0.3 is 0 Å². The Balaban J connectivity index is 1.38. The van der Waals surface area contributed by atoms with Crippen LogP contribution in [0.3, 0.4) is 0 Å². The first-order valence-electron chi connectivity index (χ1n) is 10.4. The van der Waals surface area contributed by atoms with Crippen LogP contribution in [-0.2, 0) is 5.75 Å². The number of aryl methyl sites for hydroxylation is 1. The highest BCUT2D eigenvalue weighted by molar-refractivity contribution is 7.98. The lowest BCUT2D eigenvalue weighted by Crippen LogP contribution is -2.44. The maximum atomic E-state index is 12.3. The number of thioether (sulfide) groups is 1. The number of rotatable bonds is 7. The summed E-state index contributed by atoms with van der Waals surface area (Å²) in [7, 11) is 2.16. The maximum Gasteiger partial charge on any atom is 0.251 e. The van der Waals surface area contributed by atoms with Gasteiger partial charge in [0.1, 0.15) is 5.82 Å². The predicted molar refractivity (Wildman–Crippen MR) is 118 cm³/mol. The fourth-order valence-electron chi connectivity index (χ4n) is 3.40. The zero-order valence-corrected chi connectivity index (χ0v) is 18.0. The van der Waals surface area contributed by atoms with Gasteiger partial charge in [0.15, 0.2) is 5.16 Å². The van der Waals surface area contributed by atoms with Crippen LogP contribution in [0, 0.1) is 12.8 Å². The Labute approximate surface area is 177 Å². The molecule has 1 aliphatic heterocycles. The van der Waals surface area contributed by atoms with Crippen molar-refractivity contribution < 1.29 is 4.79 Å². The largest absolute Gasteiger partial charge is 0.354 e. The zero-order chi connectivity index (χ0) is 20.2. The Morgan fingerprint density at radius 1 is 1.17 bits per heavy atom. The molecule has 2 aromatic rings. The molecule has 154 valence electrons. The molecule has 2 fully saturated rings. The van der Waals surface area contributed by atoms with Crippen molar-refractivity contribution >= 4 is 23.5 Å². The van der Waals surface area contributed by atoms with Crippen molar-refractivity contribution in [1.82, 2.24) is 20.2 Å². The first kappa shape index (κ1) is 20.2. The third-order valence-corrected chi connectivity index (χ3v) is 6.37. The first-order valence-corrected chi connectivity index (χ1v) is 11.3. The lowest BCUT2D eigenvalue weighted by molar-refractivity contribution is 0.0951. The van der Waals surface area contributed by atoms with Gasteiger partial charge in [-0.1, -0.05) is 23.9 Å². The Morgan fingerprint density at radius 2 is 1.97 bits per heavy atom. The van der Waals surface area contributed by atoms with Crippen LogP contribution in [0.2, 0.25) is 0 Å². The predicted octanol–water partition coefficient (Wildman–Crippen LogP) is 2.97. The number of hydrogen-bond donors (Lipinski definition) is 1. The van der Waals surface area contributed by atoms with Crippen molar-refractivity contribution in [3.63, 3.8) is 0 Å². The summed E-state index contributed by atoms with van der Waals surface area (Å²) in [5.74, 6) is 2.47. The second-order valence-electron chi connectivity index (χ2n) is 8.08. The third-order valence-electron chi connectivity index (χ3n) is 5.45. The van der Waals surface area contributed by atoms with Gasteiger partial charge in [0, 0.05) is 55.8 Å². The first-order chi connectivity index (χ1) is 14.1. The summed E-state index contributed by atoms with van der Waals surface area (Å²) in [4.78, 5) is 26.4. The molecule has 2 heterocycles. The molecule has 6 nitrogen and oxygen atoms in total. The van der Waals surface area contributed by atoms with Gasteiger partial charge in [-0.15, -0.1) is 0 Å². The van der Waals surface area contributed by atoms with Crippen LogP contribution < -0.4 is 10.2 Å². The number of aromatic nitrogens is 2. The summed E-state index contributed by atoms with van der Waals surface area (Å²) >= 11 is 1.62. The highest BCUT2D eigenvalue weighted by Gasteiger charge is 2.22. The van der Waals surface area contributed by atoms with Gasteiger partial charge in [-0.25, -0.2) is 9.97 Å². The number of amides is 1. The number of carbonyl (C=O) groups is 1. The van der Waals surface area contributed by atoms with Crippen molar-refractivity contribution in [2.45, 2.75) is 30.7 Å². The molecule has 1 aromatic carbocycles. The van der Waals surface area contributed by atoms with Crippen LogP contribution in [0.25, 0.3) is 0 Å². The Hall–Kier alpha value is -2.12. The Morgan fingerprint density at radius 3 is 2.72 bits per heavy atom. The summed E-state index contributed by atoms with van der Waals surface area (Å²) < 4.78 is 0. The molecule has 1 amide bonds. The third kappa shape index (κ3) is 5.70. The normalized spacial score (nSPS) is 17.4. The van der Waals surface area contributed by atoms with Crippen molar-refractivity contribution in [1.29, 1.82) is 0 Å². The van der Waals surface area contributed by atoms with E-state index in [4.69, 9.17) is 4.98 Å². The van der Waals surface area contributed by atoms with Crippen molar-refractivity contribution in [3.8, 4) is 0 Å². The lowest BCUT2D eigenvalue weighted by atomic mass is 10.1. The van der Waals surface area contributed by atoms with Crippen LogP contribution in [-0.4, -0.2) is 60.5 Å². The van der Waals surface area contributed by atoms with Crippen molar-refractivity contribution in [2.75, 3.05) is 44.7 Å². The number of hydrogen-bond acceptors (Lipinski definition) is 6. The van der Waals surface area contributed by atoms with Crippen LogP contribution >= 0.6 is 11.8 Å². The maximum absolute atomic E-state index is 12.3. The van der Waals surface area contributed by atoms with Crippen LogP contribution in [0.5, 0.6) is 0 Å². The molecule has 1 saturated heterocycles. The van der Waals surface area contributed by atoms with Crippen LogP contribution in [0.4, 0.5) is 5.82 Å². The molecule has 0 radical (unpaired) electrons. The van der Waals surface area contributed by atoms with Crippen LogP contribution in [0.1, 0.15) is 34.5 Å². The Bertz CT molecular complexity index is 862. The molecule has 1 aliphatic carbocycles. The minimum atomic E-state index is 0.0212. The molecule has 0 spiro atoms. The van der Waals surface area contributed by atoms with Crippen LogP contribution in [0.15, 0.2) is 35.5 Å². The molecule has 1 N–H and O–H groups in total. The summed E-state index contributed by atoms with van der Waals surface area (Å²) in [5, 5.41) is 3.83.